The summed E-state index contributed by atoms with van der Waals surface area (Å²) in [4.78, 5) is 120. The summed E-state index contributed by atoms with van der Waals surface area (Å²) in [6.07, 6.45) is 11.6. The Labute approximate surface area is 838 Å². The lowest BCUT2D eigenvalue weighted by Crippen LogP contribution is -2.50. The van der Waals surface area contributed by atoms with E-state index in [2.05, 4.69) is 173 Å². The van der Waals surface area contributed by atoms with E-state index < -0.39 is 59.2 Å². The second-order valence-electron chi connectivity index (χ2n) is 46.6. The zero-order chi connectivity index (χ0) is 107. The van der Waals surface area contributed by atoms with Crippen LogP contribution >= 0.6 is 0 Å². The summed E-state index contributed by atoms with van der Waals surface area (Å²) in [5.74, 6) is -1.68. The minimum Gasteiger partial charge on any atom is -0.481 e. The molecule has 3 aromatic heterocycles. The Hall–Kier alpha value is -10.4. The third-order valence-corrected chi connectivity index (χ3v) is 24.0. The summed E-state index contributed by atoms with van der Waals surface area (Å²) in [6, 6.07) is 47.9. The fraction of sp³-hybridized carbons (Fsp3) is 0.596. The van der Waals surface area contributed by atoms with E-state index in [4.69, 9.17) is 35.6 Å². The van der Waals surface area contributed by atoms with Gasteiger partial charge in [0, 0.05) is 66.6 Å². The van der Waals surface area contributed by atoms with E-state index in [1.54, 1.807) is 33.9 Å². The molecule has 7 aromatic rings. The summed E-state index contributed by atoms with van der Waals surface area (Å²) in [5.41, 5.74) is 11.8. The lowest BCUT2D eigenvalue weighted by molar-refractivity contribution is -0.176. The number of aliphatic hydroxyl groups excluding tert-OH is 1. The monoisotopic (exact) mass is 1950 g/mol. The van der Waals surface area contributed by atoms with Gasteiger partial charge in [0.15, 0.2) is 5.78 Å². The molecule has 140 heavy (non-hydrogen) atoms. The molecule has 5 heterocycles. The Bertz CT molecular complexity index is 4880. The predicted octanol–water partition coefficient (Wildman–Crippen LogP) is 22.8. The van der Waals surface area contributed by atoms with Crippen molar-refractivity contribution >= 4 is 53.5 Å². The number of Topliss-reactive ketones (excluding diaryl/α,β-unsaturated/α-hetero) is 1. The van der Waals surface area contributed by atoms with Gasteiger partial charge in [0.1, 0.15) is 24.0 Å². The van der Waals surface area contributed by atoms with Crippen molar-refractivity contribution in [3.63, 3.8) is 0 Å². The van der Waals surface area contributed by atoms with E-state index >= 15 is 0 Å². The van der Waals surface area contributed by atoms with Crippen LogP contribution in [-0.4, -0.2) is 141 Å². The van der Waals surface area contributed by atoms with Crippen LogP contribution in [0.5, 0.6) is 0 Å². The minimum atomic E-state index is -1.00. The number of aliphatic imine (C=N–C) groups is 1. The van der Waals surface area contributed by atoms with Crippen LogP contribution in [0.2, 0.25) is 0 Å². The molecular weight excluding hydrogens is 1770 g/mol. The Morgan fingerprint density at radius 2 is 0.979 bits per heavy atom. The van der Waals surface area contributed by atoms with Gasteiger partial charge in [-0.15, -0.1) is 0 Å². The number of nitrogens with zero attached hydrogens (tertiary/aromatic N) is 4. The van der Waals surface area contributed by atoms with Crippen LogP contribution in [0.3, 0.4) is 0 Å². The number of amides is 2. The molecule has 12 unspecified atom stereocenters. The third-order valence-electron chi connectivity index (χ3n) is 24.0. The molecule has 12 atom stereocenters. The lowest BCUT2D eigenvalue weighted by atomic mass is 9.75. The molecule has 26 nitrogen and oxygen atoms in total. The number of benzene rings is 4. The Morgan fingerprint density at radius 3 is 1.33 bits per heavy atom. The van der Waals surface area contributed by atoms with Gasteiger partial charge in [-0.3, -0.25) is 63.6 Å². The number of aliphatic hydroxyl groups is 1. The largest absolute Gasteiger partial charge is 0.481 e. The van der Waals surface area contributed by atoms with Crippen molar-refractivity contribution in [1.29, 1.82) is 0 Å². The van der Waals surface area contributed by atoms with E-state index in [9.17, 15) is 58.5 Å². The highest BCUT2D eigenvalue weighted by Crippen LogP contribution is 2.39. The highest BCUT2D eigenvalue weighted by Gasteiger charge is 2.51. The highest BCUT2D eigenvalue weighted by molar-refractivity contribution is 5.97. The third kappa shape index (κ3) is 52.4. The van der Waals surface area contributed by atoms with Crippen LogP contribution in [0.1, 0.15) is 307 Å². The summed E-state index contributed by atoms with van der Waals surface area (Å²) in [6.45, 7) is 68.4. The number of ether oxygens (including phenoxy) is 3. The number of aryl methyl sites for hydroxylation is 1. The number of ketones is 1. The van der Waals surface area contributed by atoms with Crippen LogP contribution in [0.25, 0.3) is 0 Å². The molecule has 0 spiro atoms. The fourth-order valence-electron chi connectivity index (χ4n) is 15.0. The van der Waals surface area contributed by atoms with Gasteiger partial charge in [0.2, 0.25) is 11.8 Å². The molecule has 9 rings (SSSR count). The topological polar surface area (TPSA) is 415 Å². The first-order valence-electron chi connectivity index (χ1n) is 48.8. The molecule has 0 radical (unpaired) electrons. The smallest absolute Gasteiger partial charge is 0.330 e. The molecule has 2 saturated heterocycles. The van der Waals surface area contributed by atoms with Gasteiger partial charge >= 0.3 is 23.6 Å². The van der Waals surface area contributed by atoms with Gasteiger partial charge in [-0.05, 0) is 185 Å². The molecule has 2 aliphatic rings. The first-order valence-corrected chi connectivity index (χ1v) is 48.8. The average Bonchev–Trinajstić information content (AvgIpc) is 1.64. The second-order valence-corrected chi connectivity index (χ2v) is 46.6. The molecule has 784 valence electrons. The van der Waals surface area contributed by atoms with Crippen molar-refractivity contribution in [3.8, 4) is 0 Å². The molecule has 2 amide bonds. The van der Waals surface area contributed by atoms with Gasteiger partial charge in [-0.1, -0.05) is 337 Å². The Kier molecular flexibility index (Phi) is 55.7. The molecule has 0 bridgehead atoms. The van der Waals surface area contributed by atoms with Crippen LogP contribution < -0.4 is 27.6 Å². The lowest BCUT2D eigenvalue weighted by Gasteiger charge is -2.32. The molecular formula is C114H180N8O18. The number of carboxylic acid groups (broad SMARTS) is 3. The van der Waals surface area contributed by atoms with Gasteiger partial charge in [-0.2, -0.15) is 0 Å². The molecule has 11 N–H and O–H groups in total. The molecule has 0 aliphatic carbocycles. The van der Waals surface area contributed by atoms with E-state index in [0.717, 1.165) is 53.3 Å². The number of aromatic amines is 1. The average molecular weight is 1950 g/mol. The minimum absolute atomic E-state index is 0. The van der Waals surface area contributed by atoms with E-state index in [0.29, 0.717) is 92.1 Å². The number of H-pyrrole nitrogens is 1. The van der Waals surface area contributed by atoms with E-state index in [-0.39, 0.29) is 93.4 Å². The van der Waals surface area contributed by atoms with Crippen molar-refractivity contribution < 1.29 is 78.7 Å². The Balaban J connectivity index is 0.00000160. The van der Waals surface area contributed by atoms with E-state index in [1.807, 2.05) is 217 Å². The predicted molar refractivity (Wildman–Crippen MR) is 566 cm³/mol. The standard InChI is InChI=1S/C22H33NO3.C19H29NO3.C14H22N2O4.C13H20N2.C13H21N.C13H18O2.C12H17NO2.C7H14O2.CH4.H2O2/c1-15(2)12-18(19(24)22(6)14-26-22)23-20(25)17(21(3,4)5)13-16-10-8-7-9-11-16;1-13(2)11-15(19(3,4)5)17(21)20-16(18(22)23)12-14-9-7-6-8-10-14;1-8-7-16(13(19)15-12(8)18)11-5-9(17)10(20-11)6-14(2,3)4;1-10(14)15-12-7-5-11(6-8-12)9-13(2,3)4;1-5-11(13(2,3)4)10-12-8-6-7-9-14-12;1-13(2,3)11(12(14)15)9-10-7-5-4-6-8-10;1-12(2,3)11(15-9-14)8-10-6-4-5-7-13-10;1-5(6(8)9)7(2,3)4;;1-2/h7-11,15,17-18H,12-14H2,1-6H3,(H,23,25);6-10,13,15-16H,11-12H2,1-5H3,(H,20,21)(H,22,23);7,9-11,17H,5-6H2,1-4H3,(H,15,18,19);5-8H,9H2,1-4H3,(H2,14,15);6-9,11H,5,10H2,1-4H3;4-8,11H,9H2,1-3H3,(H,14,15);4-7,9,11H,8H2,1-3H3;5H,1-4H3,(H,8,9);1H4;1-2H. The zero-order valence-electron chi connectivity index (χ0n) is 90.2. The molecule has 26 heteroatoms. The number of rotatable bonds is 30. The summed E-state index contributed by atoms with van der Waals surface area (Å²) in [7, 11) is 0. The number of nitrogens with one attached hydrogen (secondary N) is 3. The zero-order valence-corrected chi connectivity index (χ0v) is 90.2. The number of epoxide rings is 1. The highest BCUT2D eigenvalue weighted by atomic mass is 17.0. The number of aliphatic carboxylic acids is 3. The van der Waals surface area contributed by atoms with Crippen LogP contribution in [0.4, 0.5) is 5.69 Å². The molecule has 2 aliphatic heterocycles. The number of carbonyl (C=O) groups is 7. The first-order chi connectivity index (χ1) is 64.0. The number of hydrogen-bond acceptors (Lipinski definition) is 18. The SMILES string of the molecule is C.CC(C(=O)O)C(C)(C)C.CC(C)(C)C(Cc1ccccc1)C(=O)O.CC(C)(C)C(Cc1ccccn1)OC=O.CC(C)CC(C(=O)NC(Cc1ccccc1)C(=O)O)C(C)(C)C.CC(C)CC(NC(=O)C(Cc1ccccc1)C(C)(C)C)C(=O)C1(C)CO1.CC(N)=Nc1ccc(CC(C)(C)C)cc1.CCC(Cc1ccccn1)C(C)(C)C.Cc1cn(C2CC(O)C(CC(C)(C)C)O2)c(=O)[nH]c1=O.OO. The first kappa shape index (κ1) is 130. The van der Waals surface area contributed by atoms with E-state index in [1.165, 1.54) is 28.4 Å². The maximum atomic E-state index is 13.1. The molecule has 4 aromatic carbocycles. The quantitative estimate of drug-likeness (QED) is 0.00499. The molecule has 0 saturated carbocycles. The summed E-state index contributed by atoms with van der Waals surface area (Å²) >= 11 is 0. The molecule has 2 fully saturated rings. The van der Waals surface area contributed by atoms with Crippen molar-refractivity contribution in [2.75, 3.05) is 6.61 Å². The number of carbonyl (C=O) groups excluding carboxylic acids is 4. The van der Waals surface area contributed by atoms with Gasteiger partial charge in [-0.25, -0.2) is 14.6 Å². The van der Waals surface area contributed by atoms with Crippen molar-refractivity contribution in [3.05, 3.63) is 230 Å². The number of hydrogen-bond donors (Lipinski definition) is 10. The fourth-order valence-corrected chi connectivity index (χ4v) is 15.0. The number of pyridine rings is 2. The maximum absolute atomic E-state index is 13.1. The van der Waals surface area contributed by atoms with Crippen molar-refractivity contribution in [2.24, 2.45) is 95.5 Å². The van der Waals surface area contributed by atoms with Gasteiger partial charge in [0.05, 0.1) is 48.2 Å². The van der Waals surface area contributed by atoms with Crippen molar-refractivity contribution in [1.82, 2.24) is 30.2 Å². The van der Waals surface area contributed by atoms with Gasteiger partial charge in [0.25, 0.3) is 12.0 Å². The number of aromatic nitrogens is 4. The summed E-state index contributed by atoms with van der Waals surface area (Å²) in [5, 5.41) is 55.0. The van der Waals surface area contributed by atoms with Crippen molar-refractivity contribution in [2.45, 2.75) is 349 Å². The van der Waals surface area contributed by atoms with Gasteiger partial charge < -0.3 is 51.0 Å². The summed E-state index contributed by atoms with van der Waals surface area (Å²) < 4.78 is 17.6. The number of amidine groups is 1. The van der Waals surface area contributed by atoms with Crippen LogP contribution in [0, 0.1) is 91.7 Å². The number of carboxylic acids is 3. The Morgan fingerprint density at radius 1 is 0.550 bits per heavy atom. The maximum Gasteiger partial charge on any atom is 0.330 e. The van der Waals surface area contributed by atoms with Crippen LogP contribution in [0.15, 0.2) is 185 Å². The normalized spacial score (nSPS) is 17.0. The number of nitrogens with two attached hydrogens (primary N) is 1. The van der Waals surface area contributed by atoms with Crippen LogP contribution in [-0.2, 0) is 86.3 Å². The second kappa shape index (κ2) is 60.1.